The Hall–Kier alpha value is -1.00. The molecule has 0 aliphatic carbocycles. The van der Waals surface area contributed by atoms with Gasteiger partial charge in [0.2, 0.25) is 0 Å². The van der Waals surface area contributed by atoms with Crippen LogP contribution in [0.4, 0.5) is 0 Å². The molecule has 0 fully saturated rings. The van der Waals surface area contributed by atoms with Gasteiger partial charge < -0.3 is 126 Å². The zero-order valence-corrected chi connectivity index (χ0v) is 68.1. The molecule has 0 aromatic heterocycles. The summed E-state index contributed by atoms with van der Waals surface area (Å²) in [5, 5.41) is 44.0. The van der Waals surface area contributed by atoms with E-state index in [1.165, 1.54) is 0 Å². The summed E-state index contributed by atoms with van der Waals surface area (Å²) in [6.07, 6.45) is -0.797. The average molecular weight is 1400 g/mol. The third-order valence-corrected chi connectivity index (χ3v) is 10.5. The zero-order chi connectivity index (χ0) is 75.5. The molecule has 0 amide bonds. The van der Waals surface area contributed by atoms with E-state index in [2.05, 4.69) is 202 Å². The monoisotopic (exact) mass is 1400 g/mol. The van der Waals surface area contributed by atoms with Crippen LogP contribution in [-0.4, -0.2) is 300 Å². The van der Waals surface area contributed by atoms with E-state index >= 15 is 0 Å². The standard InChI is InChI=1S/C10H24N2O2.C10H23NO3.C10H23NO2.C9H22N2O2.C9H21NO2.C8H19NO2.C8H19NO.C7H17NO/c1-10(2,3)12-5-7-14-9-8-13-6-4-11;1-5-14-9(12)8-13-7-6-11-10(2,3)4;1-5-12-8-9-13-7-6-11-10(2,3)4;1-9(2)11-4-6-13-8-7-12-5-3-10;1-9(2,3)10-5-6-12-8-7-11-4;1-8(2,3)9-4-6-11-7-5-10;1-5-10-7-6-9-8(2,3)4;1-7(2,3)8-5-6-9-4/h12H,4-9,11H2,1-3H3;9,11-12H,5-8H2,1-4H3;11H,5-9H2,1-4H3;9,11H,3-8,10H2,1-2H3;10H,5-8H2,1-4H3;9-10H,4-7H2,1-3H3;9H,5-7H2,1-4H3;8H,5-6H2,1-4H3. The molecule has 0 aromatic rings. The maximum atomic E-state index is 9.14. The Kier molecular flexibility index (Phi) is 90.3. The predicted octanol–water partition coefficient (Wildman–Crippen LogP) is 6.37. The van der Waals surface area contributed by atoms with Gasteiger partial charge in [0.15, 0.2) is 6.29 Å². The highest BCUT2D eigenvalue weighted by Gasteiger charge is 2.12. The third-order valence-electron chi connectivity index (χ3n) is 10.5. The van der Waals surface area contributed by atoms with E-state index in [4.69, 9.17) is 83.3 Å². The zero-order valence-electron chi connectivity index (χ0n) is 68.1. The predicted molar refractivity (Wildman–Crippen MR) is 404 cm³/mol. The smallest absolute Gasteiger partial charge is 0.178 e. The summed E-state index contributed by atoms with van der Waals surface area (Å²) >= 11 is 0. The molecule has 1 atom stereocenters. The molecule has 592 valence electrons. The molecule has 25 nitrogen and oxygen atoms in total. The number of rotatable bonds is 49. The summed E-state index contributed by atoms with van der Waals surface area (Å²) in [7, 11) is 3.39. The lowest BCUT2D eigenvalue weighted by Gasteiger charge is -2.20. The first-order chi connectivity index (χ1) is 44.6. The van der Waals surface area contributed by atoms with E-state index in [1.54, 1.807) is 14.2 Å². The molecule has 0 rings (SSSR count). The van der Waals surface area contributed by atoms with Crippen molar-refractivity contribution < 1.29 is 71.8 Å². The number of aliphatic hydroxyl groups is 2. The van der Waals surface area contributed by atoms with Crippen LogP contribution in [0.3, 0.4) is 0 Å². The second kappa shape index (κ2) is 78.1. The second-order valence-electron chi connectivity index (χ2n) is 29.3. The van der Waals surface area contributed by atoms with E-state index in [-0.39, 0.29) is 52.0 Å². The molecule has 0 aliphatic rings. The van der Waals surface area contributed by atoms with Crippen molar-refractivity contribution in [3.05, 3.63) is 0 Å². The van der Waals surface area contributed by atoms with Gasteiger partial charge in [-0.15, -0.1) is 0 Å². The Bertz CT molecular complexity index is 1410. The molecular formula is C71H168N10O15. The number of aliphatic hydroxyl groups excluding tert-OH is 2. The number of nitrogens with two attached hydrogens (primary N) is 2. The Morgan fingerprint density at radius 1 is 0.302 bits per heavy atom. The molecule has 14 N–H and O–H groups in total. The van der Waals surface area contributed by atoms with Gasteiger partial charge in [-0.2, -0.15) is 0 Å². The van der Waals surface area contributed by atoms with Gasteiger partial charge in [0, 0.05) is 144 Å². The fraction of sp³-hybridized carbons (Fsp3) is 1.00. The summed E-state index contributed by atoms with van der Waals surface area (Å²) in [6, 6.07) is 0.525. The van der Waals surface area contributed by atoms with Gasteiger partial charge >= 0.3 is 0 Å². The SMILES string of the molecule is CC(C)(C)NCCOCCO.CC(C)(C)NCCOCCOCCN.CC(C)NCCOCCOCCN.CCOC(O)COCCNC(C)(C)C.CCOCCNC(C)(C)C.CCOCCOCCNC(C)(C)C.COCCNC(C)(C)C.COCCOCCNC(C)(C)C. The van der Waals surface area contributed by atoms with Crippen LogP contribution >= 0.6 is 0 Å². The summed E-state index contributed by atoms with van der Waals surface area (Å²) in [5.41, 5.74) is 11.8. The second-order valence-corrected chi connectivity index (χ2v) is 29.3. The molecule has 25 heteroatoms. The van der Waals surface area contributed by atoms with Crippen LogP contribution < -0.4 is 54.0 Å². The molecule has 0 saturated heterocycles. The maximum absolute atomic E-state index is 9.14. The van der Waals surface area contributed by atoms with E-state index in [1.807, 2.05) is 20.8 Å². The Morgan fingerprint density at radius 3 is 0.802 bits per heavy atom. The molecule has 0 radical (unpaired) electrons. The first-order valence-corrected chi connectivity index (χ1v) is 35.6. The third kappa shape index (κ3) is 152. The minimum Gasteiger partial charge on any atom is -0.394 e. The van der Waals surface area contributed by atoms with E-state index < -0.39 is 6.29 Å². The molecule has 0 heterocycles. The number of hydrogen-bond donors (Lipinski definition) is 12. The Morgan fingerprint density at radius 2 is 0.542 bits per heavy atom. The molecule has 96 heavy (non-hydrogen) atoms. The highest BCUT2D eigenvalue weighted by atomic mass is 16.6. The lowest BCUT2D eigenvalue weighted by atomic mass is 10.1. The van der Waals surface area contributed by atoms with Crippen molar-refractivity contribution in [3.8, 4) is 0 Å². The fourth-order valence-corrected chi connectivity index (χ4v) is 6.09. The summed E-state index contributed by atoms with van der Waals surface area (Å²) < 4.78 is 66.8. The summed E-state index contributed by atoms with van der Waals surface area (Å²) in [6.45, 7) is 78.3. The molecule has 0 aromatic carbocycles. The van der Waals surface area contributed by atoms with Crippen molar-refractivity contribution >= 4 is 0 Å². The van der Waals surface area contributed by atoms with Crippen molar-refractivity contribution in [2.75, 3.05) is 238 Å². The first kappa shape index (κ1) is 111. The average Bonchev–Trinajstić information content (AvgIpc) is 3.55. The minimum atomic E-state index is -0.797. The highest BCUT2D eigenvalue weighted by Crippen LogP contribution is 2.01. The van der Waals surface area contributed by atoms with Crippen LogP contribution in [0.5, 0.6) is 0 Å². The number of hydrogen-bond acceptors (Lipinski definition) is 25. The Labute approximate surface area is 592 Å². The van der Waals surface area contributed by atoms with Crippen LogP contribution in [0.15, 0.2) is 0 Å². The van der Waals surface area contributed by atoms with Crippen LogP contribution in [0.2, 0.25) is 0 Å². The van der Waals surface area contributed by atoms with Crippen molar-refractivity contribution in [1.82, 2.24) is 42.5 Å². The van der Waals surface area contributed by atoms with E-state index in [9.17, 15) is 0 Å². The van der Waals surface area contributed by atoms with Gasteiger partial charge in [0.05, 0.1) is 139 Å². The molecule has 1 unspecified atom stereocenters. The topological polar surface area (TPSA) is 309 Å². The lowest BCUT2D eigenvalue weighted by Crippen LogP contribution is -2.38. The molecule has 0 saturated carbocycles. The quantitative estimate of drug-likeness (QED) is 0.0233. The summed E-state index contributed by atoms with van der Waals surface area (Å²) in [4.78, 5) is 0. The van der Waals surface area contributed by atoms with Crippen molar-refractivity contribution in [1.29, 1.82) is 0 Å². The fourth-order valence-electron chi connectivity index (χ4n) is 6.09. The summed E-state index contributed by atoms with van der Waals surface area (Å²) in [5.74, 6) is 0. The molecule has 0 spiro atoms. The largest absolute Gasteiger partial charge is 0.394 e. The van der Waals surface area contributed by atoms with Crippen molar-refractivity contribution in [2.45, 2.75) is 231 Å². The molecule has 0 bridgehead atoms. The van der Waals surface area contributed by atoms with Crippen molar-refractivity contribution in [3.63, 3.8) is 0 Å². The maximum Gasteiger partial charge on any atom is 0.178 e. The van der Waals surface area contributed by atoms with E-state index in [0.717, 1.165) is 105 Å². The van der Waals surface area contributed by atoms with Gasteiger partial charge in [-0.25, -0.2) is 0 Å². The number of methoxy groups -OCH3 is 2. The highest BCUT2D eigenvalue weighted by molar-refractivity contribution is 4.73. The first-order valence-electron chi connectivity index (χ1n) is 35.6. The van der Waals surface area contributed by atoms with Gasteiger partial charge in [0.25, 0.3) is 0 Å². The van der Waals surface area contributed by atoms with Gasteiger partial charge in [0.1, 0.15) is 0 Å². The van der Waals surface area contributed by atoms with Gasteiger partial charge in [-0.3, -0.25) is 0 Å². The molecule has 0 aliphatic heterocycles. The van der Waals surface area contributed by atoms with Gasteiger partial charge in [-0.05, 0) is 166 Å². The van der Waals surface area contributed by atoms with Crippen molar-refractivity contribution in [2.24, 2.45) is 11.5 Å². The minimum absolute atomic E-state index is 0.107. The number of nitrogens with one attached hydrogen (secondary N) is 8. The normalized spacial score (nSPS) is 12.2. The van der Waals surface area contributed by atoms with Crippen LogP contribution in [-0.2, 0) is 61.6 Å². The molecular weight excluding hydrogens is 1230 g/mol. The van der Waals surface area contributed by atoms with Crippen LogP contribution in [0.25, 0.3) is 0 Å². The lowest BCUT2D eigenvalue weighted by molar-refractivity contribution is -0.134. The van der Waals surface area contributed by atoms with Crippen LogP contribution in [0, 0.1) is 0 Å². The number of ether oxygens (including phenoxy) is 13. The van der Waals surface area contributed by atoms with Crippen LogP contribution in [0.1, 0.15) is 180 Å². The van der Waals surface area contributed by atoms with E-state index in [0.29, 0.717) is 112 Å². The Balaban J connectivity index is -0.000000154. The van der Waals surface area contributed by atoms with Gasteiger partial charge in [-0.1, -0.05) is 13.8 Å².